The fourth-order valence-corrected chi connectivity index (χ4v) is 4.94. The van der Waals surface area contributed by atoms with Crippen LogP contribution >= 0.6 is 0 Å². The molecule has 36 heavy (non-hydrogen) atoms. The lowest BCUT2D eigenvalue weighted by atomic mass is 9.62. The fourth-order valence-electron chi connectivity index (χ4n) is 4.94. The topological polar surface area (TPSA) is 124 Å². The summed E-state index contributed by atoms with van der Waals surface area (Å²) in [7, 11) is 0. The molecule has 0 aliphatic heterocycles. The number of fused-ring (bicyclic) bond motifs is 1. The molecule has 4 N–H and O–H groups in total. The van der Waals surface area contributed by atoms with Crippen LogP contribution in [0.3, 0.4) is 0 Å². The number of ether oxygens (including phenoxy) is 1. The van der Waals surface area contributed by atoms with Gasteiger partial charge in [0.15, 0.2) is 5.76 Å². The molecule has 1 unspecified atom stereocenters. The van der Waals surface area contributed by atoms with Crippen LogP contribution in [0.4, 0.5) is 4.79 Å². The zero-order valence-corrected chi connectivity index (χ0v) is 22.5. The Balaban J connectivity index is 1.81. The van der Waals surface area contributed by atoms with Crippen LogP contribution < -0.4 is 16.4 Å². The maximum atomic E-state index is 12.9. The summed E-state index contributed by atoms with van der Waals surface area (Å²) in [5, 5.41) is 5.04. The van der Waals surface area contributed by atoms with Crippen LogP contribution in [-0.4, -0.2) is 30.2 Å². The van der Waals surface area contributed by atoms with E-state index in [-0.39, 0.29) is 29.6 Å². The molecular weight excluding hydrogens is 458 g/mol. The Labute approximate surface area is 213 Å². The number of furan rings is 1. The third-order valence-electron chi connectivity index (χ3n) is 7.15. The van der Waals surface area contributed by atoms with Gasteiger partial charge in [-0.3, -0.25) is 9.59 Å². The first-order chi connectivity index (χ1) is 16.7. The predicted molar refractivity (Wildman–Crippen MR) is 138 cm³/mol. The molecule has 0 saturated heterocycles. The molecule has 0 fully saturated rings. The molecule has 3 rings (SSSR count). The summed E-state index contributed by atoms with van der Waals surface area (Å²) in [6.45, 7) is 14.6. The number of nitrogens with two attached hydrogens (primary N) is 1. The molecule has 0 saturated carbocycles. The van der Waals surface area contributed by atoms with Gasteiger partial charge in [-0.25, -0.2) is 4.79 Å². The zero-order chi connectivity index (χ0) is 26.9. The number of rotatable bonds is 8. The summed E-state index contributed by atoms with van der Waals surface area (Å²) in [5.41, 5.74) is 9.17. The lowest BCUT2D eigenvalue weighted by Crippen LogP contribution is -2.60. The van der Waals surface area contributed by atoms with Gasteiger partial charge >= 0.3 is 12.0 Å². The van der Waals surface area contributed by atoms with Crippen LogP contribution in [0.25, 0.3) is 0 Å². The second kappa shape index (κ2) is 9.99. The van der Waals surface area contributed by atoms with Crippen LogP contribution in [0.1, 0.15) is 99.4 Å². The van der Waals surface area contributed by atoms with Crippen molar-refractivity contribution in [3.8, 4) is 0 Å². The highest BCUT2D eigenvalue weighted by Crippen LogP contribution is 2.46. The van der Waals surface area contributed by atoms with E-state index in [0.717, 1.165) is 18.4 Å². The van der Waals surface area contributed by atoms with Gasteiger partial charge in [-0.05, 0) is 78.8 Å². The van der Waals surface area contributed by atoms with Crippen LogP contribution in [-0.2, 0) is 26.8 Å². The molecular formula is C28H39N3O5. The Hall–Kier alpha value is -3.29. The Morgan fingerprint density at radius 3 is 2.25 bits per heavy atom. The minimum Gasteiger partial charge on any atom is -0.466 e. The molecule has 1 aromatic carbocycles. The Kier molecular flexibility index (Phi) is 7.58. The van der Waals surface area contributed by atoms with Crippen molar-refractivity contribution in [3.05, 3.63) is 58.0 Å². The number of benzene rings is 1. The van der Waals surface area contributed by atoms with Crippen molar-refractivity contribution in [1.82, 2.24) is 10.6 Å². The van der Waals surface area contributed by atoms with Gasteiger partial charge in [-0.2, -0.15) is 0 Å². The smallest absolute Gasteiger partial charge is 0.314 e. The minimum absolute atomic E-state index is 0.0726. The third-order valence-corrected chi connectivity index (χ3v) is 7.15. The maximum absolute atomic E-state index is 12.9. The van der Waals surface area contributed by atoms with E-state index in [9.17, 15) is 14.4 Å². The van der Waals surface area contributed by atoms with Gasteiger partial charge in [-0.1, -0.05) is 39.8 Å². The van der Waals surface area contributed by atoms with Gasteiger partial charge in [0.05, 0.1) is 13.0 Å². The number of nitrogens with one attached hydrogen (secondary N) is 2. The molecule has 1 atom stereocenters. The standard InChI is InChI=1S/C28H39N3O5/c1-8-35-23(32)16-28(7,31-25(29)34)30-24(33)22-10-9-19(36-22)14-18-15-21-20(13-17(18)2)26(3,4)11-12-27(21,5)6/h9-10,13,15H,8,11-12,14,16H2,1-7H3,(H,30,33)(H3,29,31,34). The van der Waals surface area contributed by atoms with Crippen molar-refractivity contribution in [2.45, 2.75) is 90.6 Å². The number of carbonyl (C=O) groups excluding carboxylic acids is 3. The number of amides is 3. The van der Waals surface area contributed by atoms with Gasteiger partial charge in [0.25, 0.3) is 5.91 Å². The highest BCUT2D eigenvalue weighted by molar-refractivity contribution is 5.92. The van der Waals surface area contributed by atoms with Gasteiger partial charge in [0, 0.05) is 6.42 Å². The number of hydrogen-bond donors (Lipinski definition) is 3. The van der Waals surface area contributed by atoms with E-state index in [1.54, 1.807) is 19.1 Å². The molecule has 8 heteroatoms. The number of esters is 1. The normalized spacial score (nSPS) is 17.4. The lowest BCUT2D eigenvalue weighted by Gasteiger charge is -2.42. The van der Waals surface area contributed by atoms with Crippen LogP contribution in [0.5, 0.6) is 0 Å². The number of hydrogen-bond acceptors (Lipinski definition) is 5. The van der Waals surface area contributed by atoms with E-state index in [1.807, 2.05) is 0 Å². The minimum atomic E-state index is -1.43. The Bertz CT molecular complexity index is 1160. The predicted octanol–water partition coefficient (Wildman–Crippen LogP) is 4.60. The first-order valence-corrected chi connectivity index (χ1v) is 12.4. The highest BCUT2D eigenvalue weighted by Gasteiger charge is 2.37. The largest absolute Gasteiger partial charge is 0.466 e. The van der Waals surface area contributed by atoms with Crippen molar-refractivity contribution >= 4 is 17.9 Å². The zero-order valence-electron chi connectivity index (χ0n) is 22.5. The van der Waals surface area contributed by atoms with Crippen LogP contribution in [0, 0.1) is 6.92 Å². The van der Waals surface area contributed by atoms with E-state index in [0.29, 0.717) is 12.2 Å². The quantitative estimate of drug-likeness (QED) is 0.363. The summed E-state index contributed by atoms with van der Waals surface area (Å²) in [6, 6.07) is 7.07. The van der Waals surface area contributed by atoms with Gasteiger partial charge in [-0.15, -0.1) is 0 Å². The van der Waals surface area contributed by atoms with Crippen molar-refractivity contribution in [3.63, 3.8) is 0 Å². The SMILES string of the molecule is CCOC(=O)CC(C)(NC(N)=O)NC(=O)c1ccc(Cc2cc3c(cc2C)C(C)(C)CCC3(C)C)o1. The summed E-state index contributed by atoms with van der Waals surface area (Å²) in [6.07, 6.45) is 2.54. The van der Waals surface area contributed by atoms with Crippen molar-refractivity contribution in [1.29, 1.82) is 0 Å². The molecule has 1 aliphatic carbocycles. The van der Waals surface area contributed by atoms with E-state index in [4.69, 9.17) is 14.9 Å². The van der Waals surface area contributed by atoms with E-state index in [1.165, 1.54) is 23.6 Å². The summed E-state index contributed by atoms with van der Waals surface area (Å²) < 4.78 is 10.8. The number of urea groups is 1. The molecule has 3 amide bonds. The van der Waals surface area contributed by atoms with E-state index < -0.39 is 23.6 Å². The summed E-state index contributed by atoms with van der Waals surface area (Å²) in [4.78, 5) is 36.4. The fraction of sp³-hybridized carbons (Fsp3) is 0.536. The summed E-state index contributed by atoms with van der Waals surface area (Å²) in [5.74, 6) is -0.440. The molecule has 1 heterocycles. The lowest BCUT2D eigenvalue weighted by molar-refractivity contribution is -0.144. The van der Waals surface area contributed by atoms with Crippen molar-refractivity contribution in [2.75, 3.05) is 6.61 Å². The van der Waals surface area contributed by atoms with Gasteiger partial charge in [0.2, 0.25) is 0 Å². The molecule has 1 aliphatic rings. The first kappa shape index (κ1) is 27.3. The second-order valence-electron chi connectivity index (χ2n) is 11.3. The molecule has 0 bridgehead atoms. The third kappa shape index (κ3) is 6.09. The number of carbonyl (C=O) groups is 3. The highest BCUT2D eigenvalue weighted by atomic mass is 16.5. The Morgan fingerprint density at radius 2 is 1.67 bits per heavy atom. The average Bonchev–Trinajstić information content (AvgIpc) is 3.20. The first-order valence-electron chi connectivity index (χ1n) is 12.4. The average molecular weight is 498 g/mol. The molecule has 196 valence electrons. The second-order valence-corrected chi connectivity index (χ2v) is 11.3. The van der Waals surface area contributed by atoms with Crippen molar-refractivity contribution < 1.29 is 23.5 Å². The van der Waals surface area contributed by atoms with Gasteiger partial charge in [0.1, 0.15) is 11.4 Å². The van der Waals surface area contributed by atoms with Crippen molar-refractivity contribution in [2.24, 2.45) is 5.73 Å². The summed E-state index contributed by atoms with van der Waals surface area (Å²) >= 11 is 0. The monoisotopic (exact) mass is 497 g/mol. The molecule has 8 nitrogen and oxygen atoms in total. The maximum Gasteiger partial charge on any atom is 0.314 e. The molecule has 0 radical (unpaired) electrons. The number of primary amides is 1. The van der Waals surface area contributed by atoms with Crippen LogP contribution in [0.2, 0.25) is 0 Å². The molecule has 0 spiro atoms. The van der Waals surface area contributed by atoms with Gasteiger partial charge < -0.3 is 25.5 Å². The van der Waals surface area contributed by atoms with Crippen LogP contribution in [0.15, 0.2) is 28.7 Å². The van der Waals surface area contributed by atoms with E-state index >= 15 is 0 Å². The number of aryl methyl sites for hydroxylation is 1. The Morgan fingerprint density at radius 1 is 1.06 bits per heavy atom. The molecule has 2 aromatic rings. The molecule has 1 aromatic heterocycles. The van der Waals surface area contributed by atoms with E-state index in [2.05, 4.69) is 57.4 Å².